The summed E-state index contributed by atoms with van der Waals surface area (Å²) in [5.74, 6) is 1.85. The number of nitrogens with one attached hydrogen (secondary N) is 1. The van der Waals surface area contributed by atoms with Crippen LogP contribution in [-0.2, 0) is 11.0 Å². The summed E-state index contributed by atoms with van der Waals surface area (Å²) in [4.78, 5) is 12.3. The zero-order valence-corrected chi connectivity index (χ0v) is 11.4. The number of fused-ring (bicyclic) bond motifs is 5. The van der Waals surface area contributed by atoms with Crippen molar-refractivity contribution in [3.63, 3.8) is 0 Å². The van der Waals surface area contributed by atoms with Crippen LogP contribution in [0.2, 0.25) is 0 Å². The molecule has 0 spiro atoms. The fourth-order valence-corrected chi connectivity index (χ4v) is 4.73. The van der Waals surface area contributed by atoms with Gasteiger partial charge in [-0.15, -0.1) is 0 Å². The molecule has 112 valence electrons. The molecule has 3 saturated carbocycles. The van der Waals surface area contributed by atoms with E-state index in [1.807, 2.05) is 0 Å². The van der Waals surface area contributed by atoms with Crippen LogP contribution in [0.3, 0.4) is 0 Å². The zero-order valence-electron chi connectivity index (χ0n) is 11.4. The summed E-state index contributed by atoms with van der Waals surface area (Å²) in [7, 11) is 0. The largest absolute Gasteiger partial charge is 0.418 e. The normalized spacial score (nSPS) is 36.4. The van der Waals surface area contributed by atoms with E-state index in [0.717, 1.165) is 6.07 Å². The number of alkyl halides is 3. The van der Waals surface area contributed by atoms with E-state index in [1.165, 1.54) is 37.5 Å². The Morgan fingerprint density at radius 1 is 1.10 bits per heavy atom. The fraction of sp³-hybridized carbons (Fsp3) is 0.562. The topological polar surface area (TPSA) is 29.1 Å². The molecule has 4 unspecified atom stereocenters. The highest BCUT2D eigenvalue weighted by Crippen LogP contribution is 2.69. The number of rotatable bonds is 2. The fourth-order valence-electron chi connectivity index (χ4n) is 4.73. The van der Waals surface area contributed by atoms with E-state index in [0.29, 0.717) is 23.7 Å². The number of hydrogen-bond donors (Lipinski definition) is 1. The van der Waals surface area contributed by atoms with Crippen molar-refractivity contribution in [3.8, 4) is 0 Å². The number of carbonyl (C=O) groups excluding carboxylic acids is 1. The number of para-hydroxylation sites is 1. The van der Waals surface area contributed by atoms with Crippen molar-refractivity contribution in [2.45, 2.75) is 25.4 Å². The van der Waals surface area contributed by atoms with Gasteiger partial charge in [-0.2, -0.15) is 13.2 Å². The van der Waals surface area contributed by atoms with Crippen LogP contribution in [-0.4, -0.2) is 5.91 Å². The molecule has 1 aromatic carbocycles. The molecule has 2 bridgehead atoms. The molecule has 0 radical (unpaired) electrons. The Kier molecular flexibility index (Phi) is 2.66. The predicted molar refractivity (Wildman–Crippen MR) is 71.4 cm³/mol. The van der Waals surface area contributed by atoms with Gasteiger partial charge in [0, 0.05) is 5.92 Å². The first-order chi connectivity index (χ1) is 9.97. The Labute approximate surface area is 120 Å². The summed E-state index contributed by atoms with van der Waals surface area (Å²) in [6, 6.07) is 5.19. The van der Waals surface area contributed by atoms with Crippen LogP contribution in [0.1, 0.15) is 24.8 Å². The Morgan fingerprint density at radius 3 is 2.33 bits per heavy atom. The lowest BCUT2D eigenvalue weighted by molar-refractivity contribution is -0.137. The smallest absolute Gasteiger partial charge is 0.325 e. The van der Waals surface area contributed by atoms with Gasteiger partial charge >= 0.3 is 6.18 Å². The molecule has 0 saturated heterocycles. The number of carbonyl (C=O) groups is 1. The Balaban J connectivity index is 1.52. The highest BCUT2D eigenvalue weighted by atomic mass is 19.4. The van der Waals surface area contributed by atoms with Crippen molar-refractivity contribution in [2.24, 2.45) is 29.6 Å². The van der Waals surface area contributed by atoms with Crippen LogP contribution in [0.25, 0.3) is 0 Å². The van der Waals surface area contributed by atoms with Crippen molar-refractivity contribution in [1.29, 1.82) is 0 Å². The van der Waals surface area contributed by atoms with Gasteiger partial charge < -0.3 is 5.32 Å². The molecule has 5 heteroatoms. The molecule has 4 atom stereocenters. The number of hydrogen-bond acceptors (Lipinski definition) is 1. The summed E-state index contributed by atoms with van der Waals surface area (Å²) in [5.41, 5.74) is -0.889. The zero-order chi connectivity index (χ0) is 14.8. The lowest BCUT2D eigenvalue weighted by atomic mass is 10.0. The maximum Gasteiger partial charge on any atom is 0.418 e. The average Bonchev–Trinajstić information content (AvgIpc) is 2.87. The average molecular weight is 295 g/mol. The van der Waals surface area contributed by atoms with Crippen LogP contribution in [0.4, 0.5) is 18.9 Å². The van der Waals surface area contributed by atoms with Gasteiger partial charge in [0.05, 0.1) is 11.3 Å². The van der Waals surface area contributed by atoms with Gasteiger partial charge in [0.15, 0.2) is 0 Å². The number of amides is 1. The third-order valence-electron chi connectivity index (χ3n) is 5.53. The van der Waals surface area contributed by atoms with Crippen molar-refractivity contribution in [1.82, 2.24) is 0 Å². The molecule has 3 aliphatic carbocycles. The van der Waals surface area contributed by atoms with Crippen molar-refractivity contribution in [3.05, 3.63) is 29.8 Å². The van der Waals surface area contributed by atoms with Crippen LogP contribution in [0.15, 0.2) is 24.3 Å². The van der Waals surface area contributed by atoms with Crippen LogP contribution in [0.5, 0.6) is 0 Å². The van der Waals surface area contributed by atoms with Crippen molar-refractivity contribution in [2.75, 3.05) is 5.32 Å². The monoisotopic (exact) mass is 295 g/mol. The molecule has 1 amide bonds. The minimum Gasteiger partial charge on any atom is -0.325 e. The van der Waals surface area contributed by atoms with E-state index in [-0.39, 0.29) is 17.5 Å². The number of anilines is 1. The molecule has 0 heterocycles. The van der Waals surface area contributed by atoms with Gasteiger partial charge in [0.1, 0.15) is 0 Å². The minimum absolute atomic E-state index is 0.0578. The van der Waals surface area contributed by atoms with Gasteiger partial charge in [-0.25, -0.2) is 0 Å². The molecule has 1 aromatic rings. The summed E-state index contributed by atoms with van der Waals surface area (Å²) < 4.78 is 38.8. The second-order valence-electron chi connectivity index (χ2n) is 6.55. The first-order valence-electron chi connectivity index (χ1n) is 7.44. The Bertz CT molecular complexity index is 581. The van der Waals surface area contributed by atoms with Gasteiger partial charge in [-0.3, -0.25) is 4.79 Å². The standard InChI is InChI=1S/C16H16F3NO/c17-16(18,19)10-3-1-2-4-11(10)20-15(21)14-12-8-5-6-9(7-8)13(12)14/h1-4,8-9,12-14H,5-7H2,(H,20,21). The molecular formula is C16H16F3NO. The van der Waals surface area contributed by atoms with E-state index in [1.54, 1.807) is 0 Å². The Morgan fingerprint density at radius 2 is 1.71 bits per heavy atom. The van der Waals surface area contributed by atoms with Crippen molar-refractivity contribution >= 4 is 11.6 Å². The van der Waals surface area contributed by atoms with Crippen LogP contribution < -0.4 is 5.32 Å². The highest BCUT2D eigenvalue weighted by molar-refractivity contribution is 5.95. The van der Waals surface area contributed by atoms with Gasteiger partial charge in [-0.05, 0) is 55.1 Å². The molecular weight excluding hydrogens is 279 g/mol. The third kappa shape index (κ3) is 1.97. The van der Waals surface area contributed by atoms with E-state index in [9.17, 15) is 18.0 Å². The van der Waals surface area contributed by atoms with Crippen molar-refractivity contribution < 1.29 is 18.0 Å². The lowest BCUT2D eigenvalue weighted by Crippen LogP contribution is -2.21. The van der Waals surface area contributed by atoms with E-state index in [4.69, 9.17) is 0 Å². The summed E-state index contributed by atoms with van der Waals surface area (Å²) in [5, 5.41) is 2.52. The second-order valence-corrected chi connectivity index (χ2v) is 6.55. The van der Waals surface area contributed by atoms with E-state index < -0.39 is 11.7 Å². The second kappa shape index (κ2) is 4.24. The number of halogens is 3. The first-order valence-corrected chi connectivity index (χ1v) is 7.44. The van der Waals surface area contributed by atoms with Gasteiger partial charge in [0.2, 0.25) is 5.91 Å². The molecule has 2 nitrogen and oxygen atoms in total. The van der Waals surface area contributed by atoms with Gasteiger partial charge in [0.25, 0.3) is 0 Å². The molecule has 0 aliphatic heterocycles. The predicted octanol–water partition coefficient (Wildman–Crippen LogP) is 3.94. The summed E-state index contributed by atoms with van der Waals surface area (Å²) in [6.45, 7) is 0. The molecule has 4 rings (SSSR count). The minimum atomic E-state index is -4.44. The molecule has 1 N–H and O–H groups in total. The van der Waals surface area contributed by atoms with E-state index in [2.05, 4.69) is 5.32 Å². The molecule has 3 aliphatic rings. The SMILES string of the molecule is O=C(Nc1ccccc1C(F)(F)F)C1C2C3CCC(C3)C12. The maximum absolute atomic E-state index is 12.9. The lowest BCUT2D eigenvalue weighted by Gasteiger charge is -2.14. The maximum atomic E-state index is 12.9. The van der Waals surface area contributed by atoms with Crippen LogP contribution >= 0.6 is 0 Å². The summed E-state index contributed by atoms with van der Waals surface area (Å²) in [6.07, 6.45) is -0.843. The molecule has 21 heavy (non-hydrogen) atoms. The quantitative estimate of drug-likeness (QED) is 0.880. The molecule has 0 aromatic heterocycles. The third-order valence-corrected chi connectivity index (χ3v) is 5.53. The molecule has 3 fully saturated rings. The van der Waals surface area contributed by atoms with Crippen LogP contribution in [0, 0.1) is 29.6 Å². The number of benzene rings is 1. The Hall–Kier alpha value is -1.52. The van der Waals surface area contributed by atoms with E-state index >= 15 is 0 Å². The van der Waals surface area contributed by atoms with Gasteiger partial charge in [-0.1, -0.05) is 12.1 Å². The highest BCUT2D eigenvalue weighted by Gasteiger charge is 2.67. The first kappa shape index (κ1) is 13.2. The summed E-state index contributed by atoms with van der Waals surface area (Å²) >= 11 is 0.